The van der Waals surface area contributed by atoms with Crippen LogP contribution in [-0.4, -0.2) is 70.9 Å². The molecular formula is C57H104O9. The molecule has 0 radical (unpaired) electrons. The van der Waals surface area contributed by atoms with Crippen molar-refractivity contribution < 1.29 is 43.9 Å². The Morgan fingerprint density at radius 1 is 0.364 bits per heavy atom. The van der Waals surface area contributed by atoms with Gasteiger partial charge in [-0.25, -0.2) is 0 Å². The van der Waals surface area contributed by atoms with Crippen LogP contribution >= 0.6 is 0 Å². The first-order valence-corrected chi connectivity index (χ1v) is 27.7. The fraction of sp³-hybridized carbons (Fsp3) is 0.842. The minimum absolute atomic E-state index is 0.132. The first-order chi connectivity index (χ1) is 32.2. The third-order valence-electron chi connectivity index (χ3n) is 12.3. The molecule has 0 spiro atoms. The minimum Gasteiger partial charge on any atom is -0.462 e. The van der Waals surface area contributed by atoms with Gasteiger partial charge >= 0.3 is 17.9 Å². The van der Waals surface area contributed by atoms with Crippen LogP contribution in [0.5, 0.6) is 0 Å². The maximum Gasteiger partial charge on any atom is 0.306 e. The summed E-state index contributed by atoms with van der Waals surface area (Å²) in [6.07, 6.45) is 48.9. The Morgan fingerprint density at radius 3 is 0.985 bits per heavy atom. The average Bonchev–Trinajstić information content (AvgIpc) is 3.30. The summed E-state index contributed by atoms with van der Waals surface area (Å²) in [4.78, 5) is 38.1. The molecule has 0 bridgehead atoms. The summed E-state index contributed by atoms with van der Waals surface area (Å²) in [5.74, 6) is -1.04. The highest BCUT2D eigenvalue weighted by molar-refractivity contribution is 5.71. The summed E-state index contributed by atoms with van der Waals surface area (Å²) in [7, 11) is 0. The smallest absolute Gasteiger partial charge is 0.306 e. The zero-order valence-electron chi connectivity index (χ0n) is 43.1. The molecule has 0 aromatic heterocycles. The Labute approximate surface area is 405 Å². The highest BCUT2D eigenvalue weighted by Crippen LogP contribution is 2.15. The van der Waals surface area contributed by atoms with Crippen LogP contribution in [0.1, 0.15) is 271 Å². The lowest BCUT2D eigenvalue weighted by molar-refractivity contribution is -0.167. The Morgan fingerprint density at radius 2 is 0.652 bits per heavy atom. The van der Waals surface area contributed by atoms with Gasteiger partial charge in [-0.1, -0.05) is 192 Å². The van der Waals surface area contributed by atoms with Gasteiger partial charge in [-0.3, -0.25) is 14.4 Å². The summed E-state index contributed by atoms with van der Waals surface area (Å²) in [5.41, 5.74) is 0. The molecule has 66 heavy (non-hydrogen) atoms. The van der Waals surface area contributed by atoms with Crippen LogP contribution < -0.4 is 0 Å². The number of hydrogen-bond acceptors (Lipinski definition) is 9. The van der Waals surface area contributed by atoms with Crippen LogP contribution in [0.2, 0.25) is 0 Å². The molecule has 0 heterocycles. The molecule has 0 fully saturated rings. The number of carbonyl (C=O) groups excluding carboxylic acids is 3. The second kappa shape index (κ2) is 50.4. The van der Waals surface area contributed by atoms with E-state index in [1.54, 1.807) is 0 Å². The van der Waals surface area contributed by atoms with Crippen LogP contribution in [0.4, 0.5) is 0 Å². The van der Waals surface area contributed by atoms with Crippen molar-refractivity contribution in [3.63, 3.8) is 0 Å². The molecule has 0 aliphatic rings. The van der Waals surface area contributed by atoms with Crippen LogP contribution in [0.3, 0.4) is 0 Å². The predicted molar refractivity (Wildman–Crippen MR) is 274 cm³/mol. The first kappa shape index (κ1) is 63.5. The van der Waals surface area contributed by atoms with E-state index in [0.717, 1.165) is 167 Å². The zero-order chi connectivity index (χ0) is 48.4. The normalized spacial score (nSPS) is 13.7. The van der Waals surface area contributed by atoms with Gasteiger partial charge in [0, 0.05) is 19.3 Å². The van der Waals surface area contributed by atoms with E-state index in [1.807, 2.05) is 0 Å². The van der Waals surface area contributed by atoms with E-state index >= 15 is 0 Å². The van der Waals surface area contributed by atoms with Crippen molar-refractivity contribution in [3.8, 4) is 0 Å². The molecule has 9 heteroatoms. The van der Waals surface area contributed by atoms with Crippen molar-refractivity contribution in [2.24, 2.45) is 0 Å². The number of rotatable bonds is 50. The van der Waals surface area contributed by atoms with Crippen LogP contribution in [0, 0.1) is 0 Å². The summed E-state index contributed by atoms with van der Waals surface area (Å²) in [5, 5.41) is 30.4. The zero-order valence-corrected chi connectivity index (χ0v) is 43.1. The number of ether oxygens (including phenoxy) is 3. The monoisotopic (exact) mass is 933 g/mol. The van der Waals surface area contributed by atoms with Gasteiger partial charge in [0.05, 0.1) is 18.3 Å². The molecule has 9 nitrogen and oxygen atoms in total. The lowest BCUT2D eigenvalue weighted by Crippen LogP contribution is -2.30. The van der Waals surface area contributed by atoms with Gasteiger partial charge in [0.1, 0.15) is 13.2 Å². The molecule has 0 amide bonds. The summed E-state index contributed by atoms with van der Waals surface area (Å²) < 4.78 is 16.7. The Bertz CT molecular complexity index is 1110. The topological polar surface area (TPSA) is 140 Å². The Hall–Kier alpha value is -2.49. The van der Waals surface area contributed by atoms with E-state index in [4.69, 9.17) is 14.2 Å². The number of aliphatic hydroxyl groups excluding tert-OH is 3. The van der Waals surface area contributed by atoms with Gasteiger partial charge in [0.15, 0.2) is 6.10 Å². The van der Waals surface area contributed by atoms with Crippen molar-refractivity contribution >= 4 is 17.9 Å². The molecule has 386 valence electrons. The van der Waals surface area contributed by atoms with Crippen molar-refractivity contribution in [2.45, 2.75) is 296 Å². The van der Waals surface area contributed by atoms with E-state index in [0.29, 0.717) is 19.3 Å². The molecule has 0 aliphatic carbocycles. The molecule has 0 saturated heterocycles. The van der Waals surface area contributed by atoms with E-state index in [1.165, 1.54) is 57.8 Å². The third kappa shape index (κ3) is 48.0. The highest BCUT2D eigenvalue weighted by Gasteiger charge is 2.19. The molecule has 0 rings (SSSR count). The second-order valence-electron chi connectivity index (χ2n) is 19.0. The van der Waals surface area contributed by atoms with E-state index in [9.17, 15) is 29.7 Å². The lowest BCUT2D eigenvalue weighted by atomic mass is 10.1. The van der Waals surface area contributed by atoms with Gasteiger partial charge in [0.2, 0.25) is 0 Å². The van der Waals surface area contributed by atoms with Gasteiger partial charge in [-0.15, -0.1) is 0 Å². The fourth-order valence-corrected chi connectivity index (χ4v) is 7.95. The average molecular weight is 933 g/mol. The number of esters is 3. The molecule has 0 aromatic carbocycles. The number of allylic oxidation sites excluding steroid dienone is 3. The second-order valence-corrected chi connectivity index (χ2v) is 19.0. The van der Waals surface area contributed by atoms with Crippen molar-refractivity contribution in [2.75, 3.05) is 13.2 Å². The number of carbonyl (C=O) groups is 3. The SMILES string of the molecule is CCCCCCC(O)C/C=C\CCCCCCCC(=O)OCC(COC(=O)CCCCCCC/C=C/CC(O)CCCCCC)OC(=O)CCCCCCC/C=C/CC(O)CCCCCC. The van der Waals surface area contributed by atoms with Crippen molar-refractivity contribution in [1.29, 1.82) is 0 Å². The van der Waals surface area contributed by atoms with E-state index in [-0.39, 0.29) is 55.9 Å². The molecule has 4 atom stereocenters. The van der Waals surface area contributed by atoms with Crippen LogP contribution in [-0.2, 0) is 28.6 Å². The molecule has 0 saturated carbocycles. The van der Waals surface area contributed by atoms with Gasteiger partial charge < -0.3 is 29.5 Å². The summed E-state index contributed by atoms with van der Waals surface area (Å²) in [6, 6.07) is 0. The van der Waals surface area contributed by atoms with E-state index in [2.05, 4.69) is 57.2 Å². The number of hydrogen-bond donors (Lipinski definition) is 3. The molecular weight excluding hydrogens is 829 g/mol. The molecule has 4 unspecified atom stereocenters. The number of unbranched alkanes of at least 4 members (excludes halogenated alkanes) is 24. The van der Waals surface area contributed by atoms with Crippen LogP contribution in [0.15, 0.2) is 36.5 Å². The van der Waals surface area contributed by atoms with Gasteiger partial charge in [-0.2, -0.15) is 0 Å². The lowest BCUT2D eigenvalue weighted by Gasteiger charge is -2.18. The molecule has 0 aromatic rings. The molecule has 0 aliphatic heterocycles. The Kier molecular flexibility index (Phi) is 48.5. The van der Waals surface area contributed by atoms with Crippen LogP contribution in [0.25, 0.3) is 0 Å². The van der Waals surface area contributed by atoms with Crippen molar-refractivity contribution in [3.05, 3.63) is 36.5 Å². The predicted octanol–water partition coefficient (Wildman–Crippen LogP) is 15.0. The maximum absolute atomic E-state index is 12.8. The minimum atomic E-state index is -0.836. The standard InChI is InChI=1S/C57H104O9/c1-4-7-10-31-40-51(58)43-34-25-19-13-16-22-28-37-46-55(61)64-49-54(66-57(63)48-39-30-24-18-15-21-27-36-45-53(60)42-33-12-9-6-3)50-65-56(62)47-38-29-23-17-14-20-26-35-44-52(59)41-32-11-8-5-2/h25-27,34-36,51-54,58-60H,4-24,28-33,37-50H2,1-3H3/b34-25-,35-26+,36-27+. The summed E-state index contributed by atoms with van der Waals surface area (Å²) in [6.45, 7) is 6.33. The van der Waals surface area contributed by atoms with Gasteiger partial charge in [-0.05, 0) is 96.3 Å². The molecule has 3 N–H and O–H groups in total. The quantitative estimate of drug-likeness (QED) is 0.0235. The van der Waals surface area contributed by atoms with Crippen molar-refractivity contribution in [1.82, 2.24) is 0 Å². The Balaban J connectivity index is 4.51. The third-order valence-corrected chi connectivity index (χ3v) is 12.3. The maximum atomic E-state index is 12.8. The highest BCUT2D eigenvalue weighted by atomic mass is 16.6. The fourth-order valence-electron chi connectivity index (χ4n) is 7.95. The largest absolute Gasteiger partial charge is 0.462 e. The summed E-state index contributed by atoms with van der Waals surface area (Å²) >= 11 is 0. The number of aliphatic hydroxyl groups is 3. The first-order valence-electron chi connectivity index (χ1n) is 27.7. The van der Waals surface area contributed by atoms with E-state index < -0.39 is 6.10 Å². The van der Waals surface area contributed by atoms with Gasteiger partial charge in [0.25, 0.3) is 0 Å².